The summed E-state index contributed by atoms with van der Waals surface area (Å²) in [7, 11) is 0. The highest BCUT2D eigenvalue weighted by atomic mass is 79.9. The highest BCUT2D eigenvalue weighted by molar-refractivity contribution is 9.10. The highest BCUT2D eigenvalue weighted by Gasteiger charge is 2.05. The van der Waals surface area contributed by atoms with Gasteiger partial charge in [-0.3, -0.25) is 9.97 Å². The van der Waals surface area contributed by atoms with Gasteiger partial charge in [-0.05, 0) is 40.5 Å². The number of halogens is 2. The smallest absolute Gasteiger partial charge is 0.137 e. The first-order valence-electron chi connectivity index (χ1n) is 5.11. The predicted octanol–water partition coefficient (Wildman–Crippen LogP) is 3.30. The first kappa shape index (κ1) is 12.0. The summed E-state index contributed by atoms with van der Waals surface area (Å²) in [6.07, 6.45) is 4.97. The number of nitrogens with one attached hydrogen (secondary N) is 1. The molecule has 0 saturated carbocycles. The number of hydrogen-bond donors (Lipinski definition) is 1. The monoisotopic (exact) mass is 295 g/mol. The molecule has 0 bridgehead atoms. The number of benzene rings is 1. The van der Waals surface area contributed by atoms with E-state index in [9.17, 15) is 4.39 Å². The quantitative estimate of drug-likeness (QED) is 0.944. The van der Waals surface area contributed by atoms with Gasteiger partial charge in [0.1, 0.15) is 5.82 Å². The molecule has 0 radical (unpaired) electrons. The minimum absolute atomic E-state index is 0.257. The van der Waals surface area contributed by atoms with Crippen molar-refractivity contribution in [3.63, 3.8) is 0 Å². The summed E-state index contributed by atoms with van der Waals surface area (Å²) in [5.41, 5.74) is 2.57. The van der Waals surface area contributed by atoms with Crippen LogP contribution in [0.1, 0.15) is 11.3 Å². The molecule has 2 rings (SSSR count). The summed E-state index contributed by atoms with van der Waals surface area (Å²) in [6, 6.07) is 3.21. The van der Waals surface area contributed by atoms with Gasteiger partial charge in [0.25, 0.3) is 0 Å². The lowest BCUT2D eigenvalue weighted by Crippen LogP contribution is -2.03. The van der Waals surface area contributed by atoms with Gasteiger partial charge in [0, 0.05) is 18.1 Å². The van der Waals surface area contributed by atoms with Gasteiger partial charge in [-0.1, -0.05) is 0 Å². The van der Waals surface area contributed by atoms with Crippen LogP contribution in [0.25, 0.3) is 0 Å². The van der Waals surface area contributed by atoms with Crippen LogP contribution in [0.4, 0.5) is 10.1 Å². The lowest BCUT2D eigenvalue weighted by molar-refractivity contribution is 0.620. The van der Waals surface area contributed by atoms with E-state index in [0.29, 0.717) is 11.0 Å². The molecule has 1 aromatic carbocycles. The van der Waals surface area contributed by atoms with Crippen molar-refractivity contribution in [3.8, 4) is 0 Å². The molecule has 17 heavy (non-hydrogen) atoms. The molecule has 1 heterocycles. The van der Waals surface area contributed by atoms with Gasteiger partial charge in [0.15, 0.2) is 0 Å². The van der Waals surface area contributed by atoms with Crippen LogP contribution in [0.15, 0.2) is 35.2 Å². The summed E-state index contributed by atoms with van der Waals surface area (Å²) in [6.45, 7) is 2.42. The van der Waals surface area contributed by atoms with E-state index in [2.05, 4.69) is 31.2 Å². The summed E-state index contributed by atoms with van der Waals surface area (Å²) in [4.78, 5) is 8.13. The molecule has 0 aliphatic carbocycles. The van der Waals surface area contributed by atoms with E-state index in [-0.39, 0.29) is 5.82 Å². The Morgan fingerprint density at radius 1 is 1.35 bits per heavy atom. The summed E-state index contributed by atoms with van der Waals surface area (Å²) in [5, 5.41) is 3.20. The molecular weight excluding hydrogens is 285 g/mol. The fourth-order valence-corrected chi connectivity index (χ4v) is 1.79. The second kappa shape index (κ2) is 5.23. The van der Waals surface area contributed by atoms with E-state index in [0.717, 1.165) is 16.9 Å². The minimum Gasteiger partial charge on any atom is -0.379 e. The number of rotatable bonds is 3. The lowest BCUT2D eigenvalue weighted by Gasteiger charge is -2.10. The van der Waals surface area contributed by atoms with Crippen molar-refractivity contribution in [1.29, 1.82) is 0 Å². The van der Waals surface area contributed by atoms with E-state index in [1.165, 1.54) is 6.07 Å². The maximum absolute atomic E-state index is 13.2. The molecule has 3 nitrogen and oxygen atoms in total. The fourth-order valence-electron chi connectivity index (χ4n) is 1.44. The second-order valence-corrected chi connectivity index (χ2v) is 4.49. The summed E-state index contributed by atoms with van der Waals surface area (Å²) in [5.74, 6) is -0.257. The molecule has 0 saturated heterocycles. The Morgan fingerprint density at radius 3 is 2.88 bits per heavy atom. The molecule has 1 N–H and O–H groups in total. The number of nitrogens with zero attached hydrogens (tertiary/aromatic N) is 2. The molecule has 88 valence electrons. The number of anilines is 1. The van der Waals surface area contributed by atoms with Gasteiger partial charge in [0.2, 0.25) is 0 Å². The first-order valence-corrected chi connectivity index (χ1v) is 5.90. The summed E-state index contributed by atoms with van der Waals surface area (Å²) >= 11 is 3.16. The Hall–Kier alpha value is -1.49. The van der Waals surface area contributed by atoms with E-state index in [1.54, 1.807) is 24.7 Å². The first-order chi connectivity index (χ1) is 8.16. The topological polar surface area (TPSA) is 37.8 Å². The van der Waals surface area contributed by atoms with Crippen LogP contribution in [0.5, 0.6) is 0 Å². The zero-order valence-corrected chi connectivity index (χ0v) is 10.8. The number of aryl methyl sites for hydroxylation is 1. The Balaban J connectivity index is 2.12. The van der Waals surface area contributed by atoms with Crippen molar-refractivity contribution >= 4 is 21.6 Å². The predicted molar refractivity (Wildman–Crippen MR) is 68.2 cm³/mol. The molecule has 2 aromatic rings. The minimum atomic E-state index is -0.257. The SMILES string of the molecule is Cc1cc(F)c(Br)cc1NCc1cnccn1. The van der Waals surface area contributed by atoms with Gasteiger partial charge >= 0.3 is 0 Å². The average Bonchev–Trinajstić information content (AvgIpc) is 2.33. The average molecular weight is 296 g/mol. The standard InChI is InChI=1S/C12H11BrFN3/c1-8-4-11(14)10(13)5-12(8)17-7-9-6-15-2-3-16-9/h2-6,17H,7H2,1H3. The Labute approximate surface area is 107 Å². The molecule has 0 atom stereocenters. The fraction of sp³-hybridized carbons (Fsp3) is 0.167. The Morgan fingerprint density at radius 2 is 2.18 bits per heavy atom. The lowest BCUT2D eigenvalue weighted by atomic mass is 10.2. The second-order valence-electron chi connectivity index (χ2n) is 3.63. The third-order valence-corrected chi connectivity index (χ3v) is 2.95. The third-order valence-electron chi connectivity index (χ3n) is 2.34. The molecule has 5 heteroatoms. The van der Waals surface area contributed by atoms with Crippen molar-refractivity contribution in [3.05, 3.63) is 52.3 Å². The maximum atomic E-state index is 13.2. The molecule has 0 unspecified atom stereocenters. The highest BCUT2D eigenvalue weighted by Crippen LogP contribution is 2.24. The van der Waals surface area contributed by atoms with Crippen LogP contribution < -0.4 is 5.32 Å². The molecule has 0 aliphatic heterocycles. The van der Waals surface area contributed by atoms with Crippen LogP contribution in [-0.2, 0) is 6.54 Å². The molecular formula is C12H11BrFN3. The zero-order chi connectivity index (χ0) is 12.3. The van der Waals surface area contributed by atoms with Crippen LogP contribution in [-0.4, -0.2) is 9.97 Å². The van der Waals surface area contributed by atoms with E-state index in [4.69, 9.17) is 0 Å². The van der Waals surface area contributed by atoms with Gasteiger partial charge < -0.3 is 5.32 Å². The van der Waals surface area contributed by atoms with Crippen molar-refractivity contribution in [2.24, 2.45) is 0 Å². The van der Waals surface area contributed by atoms with E-state index in [1.807, 2.05) is 6.92 Å². The van der Waals surface area contributed by atoms with Gasteiger partial charge in [-0.15, -0.1) is 0 Å². The third kappa shape index (κ3) is 3.00. The van der Waals surface area contributed by atoms with Crippen LogP contribution in [0, 0.1) is 12.7 Å². The maximum Gasteiger partial charge on any atom is 0.137 e. The Bertz CT molecular complexity index is 517. The van der Waals surface area contributed by atoms with E-state index >= 15 is 0 Å². The van der Waals surface area contributed by atoms with Gasteiger partial charge in [-0.25, -0.2) is 4.39 Å². The van der Waals surface area contributed by atoms with Crippen molar-refractivity contribution in [2.45, 2.75) is 13.5 Å². The number of hydrogen-bond acceptors (Lipinski definition) is 3. The van der Waals surface area contributed by atoms with E-state index < -0.39 is 0 Å². The van der Waals surface area contributed by atoms with Crippen LogP contribution in [0.2, 0.25) is 0 Å². The van der Waals surface area contributed by atoms with Crippen LogP contribution >= 0.6 is 15.9 Å². The van der Waals surface area contributed by atoms with Crippen molar-refractivity contribution < 1.29 is 4.39 Å². The van der Waals surface area contributed by atoms with Crippen molar-refractivity contribution in [1.82, 2.24) is 9.97 Å². The molecule has 0 aliphatic rings. The normalized spacial score (nSPS) is 10.3. The van der Waals surface area contributed by atoms with Gasteiger partial charge in [-0.2, -0.15) is 0 Å². The summed E-state index contributed by atoms with van der Waals surface area (Å²) < 4.78 is 13.7. The molecule has 0 spiro atoms. The number of aromatic nitrogens is 2. The zero-order valence-electron chi connectivity index (χ0n) is 9.24. The Kier molecular flexibility index (Phi) is 3.68. The largest absolute Gasteiger partial charge is 0.379 e. The molecule has 0 amide bonds. The van der Waals surface area contributed by atoms with Crippen molar-refractivity contribution in [2.75, 3.05) is 5.32 Å². The molecule has 0 fully saturated rings. The molecule has 1 aromatic heterocycles. The van der Waals surface area contributed by atoms with Crippen LogP contribution in [0.3, 0.4) is 0 Å². The van der Waals surface area contributed by atoms with Gasteiger partial charge in [0.05, 0.1) is 22.9 Å².